The van der Waals surface area contributed by atoms with Crippen molar-refractivity contribution in [2.75, 3.05) is 6.54 Å². The van der Waals surface area contributed by atoms with Gasteiger partial charge in [-0.05, 0) is 32.3 Å². The number of nitrogens with zero attached hydrogens (tertiary/aromatic N) is 2. The molecule has 1 aromatic heterocycles. The molecule has 1 amide bonds. The molecule has 1 saturated heterocycles. The molecule has 21 heavy (non-hydrogen) atoms. The van der Waals surface area contributed by atoms with Crippen LogP contribution in [0, 0.1) is 0 Å². The second-order valence-corrected chi connectivity index (χ2v) is 5.12. The Kier molecular flexibility index (Phi) is 5.55. The zero-order chi connectivity index (χ0) is 15.1. The lowest BCUT2D eigenvalue weighted by Crippen LogP contribution is -2.45. The lowest BCUT2D eigenvalue weighted by molar-refractivity contribution is -0.130. The molecule has 0 aromatic carbocycles. The second-order valence-electron chi connectivity index (χ2n) is 5.12. The van der Waals surface area contributed by atoms with Gasteiger partial charge in [0.25, 0.3) is 5.91 Å². The summed E-state index contributed by atoms with van der Waals surface area (Å²) in [5, 5.41) is 0. The number of carbonyl (C=O) groups excluding carboxylic acids is 1. The molecule has 0 N–H and O–H groups in total. The van der Waals surface area contributed by atoms with Crippen LogP contribution in [0.3, 0.4) is 0 Å². The third-order valence-corrected chi connectivity index (χ3v) is 3.75. The van der Waals surface area contributed by atoms with Crippen LogP contribution >= 0.6 is 0 Å². The number of likely N-dealkylation sites (tertiary alicyclic amines) is 1. The van der Waals surface area contributed by atoms with Crippen molar-refractivity contribution in [2.24, 2.45) is 0 Å². The molecule has 1 aliphatic rings. The minimum absolute atomic E-state index is 0.0758. The van der Waals surface area contributed by atoms with E-state index in [9.17, 15) is 4.79 Å². The predicted molar refractivity (Wildman–Crippen MR) is 82.7 cm³/mol. The van der Waals surface area contributed by atoms with Crippen molar-refractivity contribution in [1.29, 1.82) is 0 Å². The largest absolute Gasteiger partial charge is 0.449 e. The molecule has 1 aliphatic heterocycles. The van der Waals surface area contributed by atoms with Gasteiger partial charge in [0.05, 0.1) is 6.20 Å². The second kappa shape index (κ2) is 7.62. The molecule has 0 bridgehead atoms. The van der Waals surface area contributed by atoms with Crippen molar-refractivity contribution in [2.45, 2.75) is 38.6 Å². The Morgan fingerprint density at radius 2 is 2.43 bits per heavy atom. The Morgan fingerprint density at radius 1 is 1.57 bits per heavy atom. The lowest BCUT2D eigenvalue weighted by Gasteiger charge is -2.35. The van der Waals surface area contributed by atoms with Crippen LogP contribution in [0.1, 0.15) is 32.1 Å². The minimum Gasteiger partial charge on any atom is -0.449 e. The molecule has 0 saturated carbocycles. The summed E-state index contributed by atoms with van der Waals surface area (Å²) >= 11 is 0. The molecule has 0 radical (unpaired) electrons. The molecule has 4 nitrogen and oxygen atoms in total. The lowest BCUT2D eigenvalue weighted by atomic mass is 9.98. The highest BCUT2D eigenvalue weighted by Gasteiger charge is 2.28. The average Bonchev–Trinajstić information content (AvgIpc) is 3.01. The predicted octanol–water partition coefficient (Wildman–Crippen LogP) is 3.29. The van der Waals surface area contributed by atoms with Gasteiger partial charge in [0.2, 0.25) is 0 Å². The summed E-state index contributed by atoms with van der Waals surface area (Å²) in [6.45, 7) is 6.32. The summed E-state index contributed by atoms with van der Waals surface area (Å²) in [6, 6.07) is 0.164. The third-order valence-electron chi connectivity index (χ3n) is 3.75. The Labute approximate surface area is 125 Å². The first-order valence-electron chi connectivity index (χ1n) is 7.41. The summed E-state index contributed by atoms with van der Waals surface area (Å²) in [5.41, 5.74) is 0.703. The first-order valence-corrected chi connectivity index (χ1v) is 7.41. The Balaban J connectivity index is 2.11. The van der Waals surface area contributed by atoms with E-state index in [0.29, 0.717) is 17.9 Å². The normalized spacial score (nSPS) is 20.0. The summed E-state index contributed by atoms with van der Waals surface area (Å²) in [5.74, 6) is 0.773. The van der Waals surface area contributed by atoms with E-state index in [4.69, 9.17) is 4.42 Å². The maximum atomic E-state index is 12.7. The van der Waals surface area contributed by atoms with Crippen LogP contribution in [-0.4, -0.2) is 28.4 Å². The van der Waals surface area contributed by atoms with E-state index in [1.807, 2.05) is 24.0 Å². The van der Waals surface area contributed by atoms with Crippen LogP contribution in [0.25, 0.3) is 0 Å². The quantitative estimate of drug-likeness (QED) is 0.616. The zero-order valence-electron chi connectivity index (χ0n) is 12.5. The van der Waals surface area contributed by atoms with E-state index in [1.54, 1.807) is 24.6 Å². The van der Waals surface area contributed by atoms with Gasteiger partial charge >= 0.3 is 0 Å². The maximum absolute atomic E-state index is 12.7. The van der Waals surface area contributed by atoms with Crippen molar-refractivity contribution >= 4 is 5.91 Å². The topological polar surface area (TPSA) is 46.3 Å². The molecule has 1 fully saturated rings. The van der Waals surface area contributed by atoms with Gasteiger partial charge in [-0.25, -0.2) is 4.98 Å². The first kappa shape index (κ1) is 15.3. The molecule has 112 valence electrons. The molecular weight excluding hydrogens is 264 g/mol. The van der Waals surface area contributed by atoms with E-state index in [2.05, 4.69) is 11.6 Å². The first-order chi connectivity index (χ1) is 10.3. The molecule has 0 unspecified atom stereocenters. The van der Waals surface area contributed by atoms with Crippen LogP contribution in [0.4, 0.5) is 0 Å². The number of amides is 1. The van der Waals surface area contributed by atoms with Crippen molar-refractivity contribution in [1.82, 2.24) is 9.88 Å². The SMILES string of the molecule is C=C/C=C\C(=C/C)C(=O)N1CCCC[C@H]1Cc1ncco1. The van der Waals surface area contributed by atoms with Crippen molar-refractivity contribution in [3.8, 4) is 0 Å². The fraction of sp³-hybridized carbons (Fsp3) is 0.412. The molecule has 2 rings (SSSR count). The monoisotopic (exact) mass is 286 g/mol. The summed E-state index contributed by atoms with van der Waals surface area (Å²) < 4.78 is 5.33. The molecule has 4 heteroatoms. The van der Waals surface area contributed by atoms with Crippen molar-refractivity contribution in [3.63, 3.8) is 0 Å². The number of oxazole rings is 1. The van der Waals surface area contributed by atoms with E-state index in [1.165, 1.54) is 0 Å². The van der Waals surface area contributed by atoms with Gasteiger partial charge in [-0.3, -0.25) is 4.79 Å². The van der Waals surface area contributed by atoms with E-state index in [0.717, 1.165) is 25.8 Å². The number of aromatic nitrogens is 1. The van der Waals surface area contributed by atoms with Gasteiger partial charge in [-0.15, -0.1) is 0 Å². The number of hydrogen-bond donors (Lipinski definition) is 0. The van der Waals surface area contributed by atoms with Crippen molar-refractivity contribution in [3.05, 3.63) is 54.8 Å². The van der Waals surface area contributed by atoms with Gasteiger partial charge in [0.1, 0.15) is 6.26 Å². The van der Waals surface area contributed by atoms with Gasteiger partial charge < -0.3 is 9.32 Å². The van der Waals surface area contributed by atoms with Gasteiger partial charge in [-0.1, -0.05) is 24.8 Å². The van der Waals surface area contributed by atoms with Crippen LogP contribution in [0.15, 0.2) is 53.3 Å². The standard InChI is InChI=1S/C17H22N2O2/c1-3-5-8-14(4-2)17(20)19-11-7-6-9-15(19)13-16-18-10-12-21-16/h3-5,8,10,12,15H,1,6-7,9,11,13H2,2H3/b8-5-,14-4+/t15-/m0/s1. The third kappa shape index (κ3) is 3.94. The highest BCUT2D eigenvalue weighted by Crippen LogP contribution is 2.22. The van der Waals surface area contributed by atoms with Gasteiger partial charge in [0.15, 0.2) is 5.89 Å². The number of piperidine rings is 1. The van der Waals surface area contributed by atoms with Crippen LogP contribution < -0.4 is 0 Å². The minimum atomic E-state index is 0.0758. The molecule has 1 aromatic rings. The van der Waals surface area contributed by atoms with E-state index >= 15 is 0 Å². The highest BCUT2D eigenvalue weighted by atomic mass is 16.3. The number of hydrogen-bond acceptors (Lipinski definition) is 3. The number of allylic oxidation sites excluding steroid dienone is 3. The summed E-state index contributed by atoms with van der Waals surface area (Å²) in [6.07, 6.45) is 14.2. The summed E-state index contributed by atoms with van der Waals surface area (Å²) in [4.78, 5) is 18.8. The number of rotatable bonds is 5. The Hall–Kier alpha value is -2.10. The van der Waals surface area contributed by atoms with Gasteiger partial charge in [0, 0.05) is 24.6 Å². The van der Waals surface area contributed by atoms with Crippen molar-refractivity contribution < 1.29 is 9.21 Å². The highest BCUT2D eigenvalue weighted by molar-refractivity contribution is 5.96. The zero-order valence-corrected chi connectivity index (χ0v) is 12.5. The number of carbonyl (C=O) groups is 1. The molecule has 0 aliphatic carbocycles. The maximum Gasteiger partial charge on any atom is 0.253 e. The molecular formula is C17H22N2O2. The molecule has 2 heterocycles. The van der Waals surface area contributed by atoms with Crippen LogP contribution in [0.5, 0.6) is 0 Å². The average molecular weight is 286 g/mol. The van der Waals surface area contributed by atoms with Crippen LogP contribution in [-0.2, 0) is 11.2 Å². The van der Waals surface area contributed by atoms with E-state index in [-0.39, 0.29) is 11.9 Å². The Bertz CT molecular complexity index is 529. The van der Waals surface area contributed by atoms with Gasteiger partial charge in [-0.2, -0.15) is 0 Å². The fourth-order valence-corrected chi connectivity index (χ4v) is 2.66. The smallest absolute Gasteiger partial charge is 0.253 e. The molecule has 0 spiro atoms. The van der Waals surface area contributed by atoms with E-state index < -0.39 is 0 Å². The Morgan fingerprint density at radius 3 is 3.10 bits per heavy atom. The van der Waals surface area contributed by atoms with Crippen LogP contribution in [0.2, 0.25) is 0 Å². The fourth-order valence-electron chi connectivity index (χ4n) is 2.66. The molecule has 1 atom stereocenters. The summed E-state index contributed by atoms with van der Waals surface area (Å²) in [7, 11) is 0.